The Morgan fingerprint density at radius 1 is 1.50 bits per heavy atom. The number of hydrogen-bond donors (Lipinski definition) is 1. The number of aromatic hydroxyl groups is 1. The van der Waals surface area contributed by atoms with Crippen LogP contribution in [-0.2, 0) is 0 Å². The predicted molar refractivity (Wildman–Crippen MR) is 51.1 cm³/mol. The highest BCUT2D eigenvalue weighted by Gasteiger charge is 2.10. The third-order valence-corrected chi connectivity index (χ3v) is 3.30. The minimum absolute atomic E-state index is 0.0139. The molecule has 1 aromatic carbocycles. The molecule has 0 aliphatic heterocycles. The van der Waals surface area contributed by atoms with Crippen molar-refractivity contribution in [1.29, 1.82) is 0 Å². The smallest absolute Gasteiger partial charge is 0.150 e. The molecule has 2 rings (SSSR count). The first-order valence-electron chi connectivity index (χ1n) is 3.24. The molecule has 0 aliphatic carbocycles. The molecule has 0 radical (unpaired) electrons. The molecule has 1 aromatic heterocycles. The highest BCUT2D eigenvalue weighted by molar-refractivity contribution is 9.10. The van der Waals surface area contributed by atoms with Crippen molar-refractivity contribution < 1.29 is 9.50 Å². The van der Waals surface area contributed by atoms with Crippen LogP contribution in [0, 0.1) is 5.82 Å². The minimum Gasteiger partial charge on any atom is -0.505 e. The fourth-order valence-electron chi connectivity index (χ4n) is 1.04. The van der Waals surface area contributed by atoms with E-state index in [1.54, 1.807) is 6.07 Å². The third-order valence-electron chi connectivity index (χ3n) is 1.61. The molecule has 0 bridgehead atoms. The Kier molecular flexibility index (Phi) is 1.81. The van der Waals surface area contributed by atoms with Gasteiger partial charge >= 0.3 is 0 Å². The molecule has 0 unspecified atom stereocenters. The first kappa shape index (κ1) is 8.01. The molecule has 62 valence electrons. The van der Waals surface area contributed by atoms with Gasteiger partial charge in [0.15, 0.2) is 5.75 Å². The van der Waals surface area contributed by atoms with Crippen molar-refractivity contribution in [3.05, 3.63) is 27.8 Å². The average molecular weight is 247 g/mol. The summed E-state index contributed by atoms with van der Waals surface area (Å²) in [5, 5.41) is 12.0. The third kappa shape index (κ3) is 1.03. The number of halogens is 2. The Balaban J connectivity index is 2.94. The standard InChI is InChI=1S/C8H4BrFOS/c9-6-5(10)3-4-1-2-12-8(4)7(6)11/h1-3,11H. The Morgan fingerprint density at radius 2 is 2.25 bits per heavy atom. The molecule has 0 spiro atoms. The molecule has 12 heavy (non-hydrogen) atoms. The van der Waals surface area contributed by atoms with E-state index in [1.165, 1.54) is 17.4 Å². The number of phenols is 1. The lowest BCUT2D eigenvalue weighted by Gasteiger charge is -1.99. The Labute approximate surface area is 80.6 Å². The van der Waals surface area contributed by atoms with Crippen LogP contribution in [0.2, 0.25) is 0 Å². The monoisotopic (exact) mass is 246 g/mol. The summed E-state index contributed by atoms with van der Waals surface area (Å²) in [6.07, 6.45) is 0. The van der Waals surface area contributed by atoms with Gasteiger partial charge in [-0.25, -0.2) is 4.39 Å². The highest BCUT2D eigenvalue weighted by atomic mass is 79.9. The van der Waals surface area contributed by atoms with Crippen molar-refractivity contribution in [3.63, 3.8) is 0 Å². The molecule has 1 nitrogen and oxygen atoms in total. The van der Waals surface area contributed by atoms with Gasteiger partial charge in [-0.05, 0) is 38.8 Å². The first-order valence-corrected chi connectivity index (χ1v) is 4.91. The van der Waals surface area contributed by atoms with Crippen molar-refractivity contribution in [2.45, 2.75) is 0 Å². The summed E-state index contributed by atoms with van der Waals surface area (Å²) in [6.45, 7) is 0. The molecule has 1 heterocycles. The van der Waals surface area contributed by atoms with Gasteiger partial charge in [-0.3, -0.25) is 0 Å². The van der Waals surface area contributed by atoms with E-state index in [0.717, 1.165) is 5.39 Å². The normalized spacial score (nSPS) is 10.8. The van der Waals surface area contributed by atoms with Crippen LogP contribution in [0.25, 0.3) is 10.1 Å². The second kappa shape index (κ2) is 2.71. The maximum atomic E-state index is 13.0. The van der Waals surface area contributed by atoms with E-state index in [4.69, 9.17) is 0 Å². The fourth-order valence-corrected chi connectivity index (χ4v) is 2.31. The molecule has 4 heteroatoms. The number of rotatable bonds is 0. The maximum Gasteiger partial charge on any atom is 0.150 e. The number of hydrogen-bond acceptors (Lipinski definition) is 2. The number of phenolic OH excluding ortho intramolecular Hbond substituents is 1. The SMILES string of the molecule is Oc1c(Br)c(F)cc2ccsc12. The summed E-state index contributed by atoms with van der Waals surface area (Å²) in [5.74, 6) is -0.446. The summed E-state index contributed by atoms with van der Waals surface area (Å²) in [7, 11) is 0. The number of benzene rings is 1. The van der Waals surface area contributed by atoms with E-state index < -0.39 is 5.82 Å². The summed E-state index contributed by atoms with van der Waals surface area (Å²) in [5.41, 5.74) is 0. The van der Waals surface area contributed by atoms with Crippen LogP contribution in [0.3, 0.4) is 0 Å². The van der Waals surface area contributed by atoms with E-state index in [9.17, 15) is 9.50 Å². The molecule has 0 atom stereocenters. The number of thiophene rings is 1. The van der Waals surface area contributed by atoms with Gasteiger partial charge in [0.1, 0.15) is 5.82 Å². The van der Waals surface area contributed by atoms with E-state index >= 15 is 0 Å². The second-order valence-corrected chi connectivity index (χ2v) is 4.07. The fraction of sp³-hybridized carbons (Fsp3) is 0. The first-order chi connectivity index (χ1) is 5.70. The van der Waals surface area contributed by atoms with Gasteiger partial charge in [0.25, 0.3) is 0 Å². The molecule has 0 aliphatic rings. The van der Waals surface area contributed by atoms with E-state index in [1.807, 2.05) is 5.38 Å². The second-order valence-electron chi connectivity index (χ2n) is 2.36. The Morgan fingerprint density at radius 3 is 3.00 bits per heavy atom. The molecule has 1 N–H and O–H groups in total. The molecule has 0 saturated carbocycles. The zero-order valence-corrected chi connectivity index (χ0v) is 8.25. The molecule has 0 fully saturated rings. The molecular weight excluding hydrogens is 243 g/mol. The highest BCUT2D eigenvalue weighted by Crippen LogP contribution is 2.37. The van der Waals surface area contributed by atoms with Crippen molar-refractivity contribution in [2.75, 3.05) is 0 Å². The largest absolute Gasteiger partial charge is 0.505 e. The van der Waals surface area contributed by atoms with Gasteiger partial charge in [0.2, 0.25) is 0 Å². The van der Waals surface area contributed by atoms with Crippen LogP contribution < -0.4 is 0 Å². The van der Waals surface area contributed by atoms with Gasteiger partial charge in [-0.2, -0.15) is 0 Å². The topological polar surface area (TPSA) is 20.2 Å². The van der Waals surface area contributed by atoms with Gasteiger partial charge in [0, 0.05) is 0 Å². The molecule has 0 saturated heterocycles. The maximum absolute atomic E-state index is 13.0. The zero-order chi connectivity index (χ0) is 8.72. The van der Waals surface area contributed by atoms with E-state index in [0.29, 0.717) is 4.70 Å². The lowest BCUT2D eigenvalue weighted by molar-refractivity contribution is 0.472. The van der Waals surface area contributed by atoms with Crippen LogP contribution in [-0.4, -0.2) is 5.11 Å². The predicted octanol–water partition coefficient (Wildman–Crippen LogP) is 3.51. The van der Waals surface area contributed by atoms with Crippen molar-refractivity contribution >= 4 is 37.4 Å². The summed E-state index contributed by atoms with van der Waals surface area (Å²) >= 11 is 4.36. The van der Waals surface area contributed by atoms with Gasteiger partial charge in [-0.1, -0.05) is 0 Å². The average Bonchev–Trinajstić information content (AvgIpc) is 2.48. The minimum atomic E-state index is -0.432. The molecule has 2 aromatic rings. The molecule has 0 amide bonds. The van der Waals surface area contributed by atoms with Gasteiger partial charge in [0.05, 0.1) is 9.17 Å². The number of fused-ring (bicyclic) bond motifs is 1. The van der Waals surface area contributed by atoms with Crippen LogP contribution in [0.5, 0.6) is 5.75 Å². The lowest BCUT2D eigenvalue weighted by Crippen LogP contribution is -1.77. The summed E-state index contributed by atoms with van der Waals surface area (Å²) in [4.78, 5) is 0. The van der Waals surface area contributed by atoms with Crippen molar-refractivity contribution in [2.24, 2.45) is 0 Å². The van der Waals surface area contributed by atoms with Crippen LogP contribution in [0.1, 0.15) is 0 Å². The summed E-state index contributed by atoms with van der Waals surface area (Å²) < 4.78 is 13.8. The zero-order valence-electron chi connectivity index (χ0n) is 5.84. The van der Waals surface area contributed by atoms with Gasteiger partial charge < -0.3 is 5.11 Å². The Bertz CT molecular complexity index is 438. The lowest BCUT2D eigenvalue weighted by atomic mass is 10.2. The quantitative estimate of drug-likeness (QED) is 0.755. The van der Waals surface area contributed by atoms with E-state index in [-0.39, 0.29) is 10.2 Å². The van der Waals surface area contributed by atoms with E-state index in [2.05, 4.69) is 15.9 Å². The van der Waals surface area contributed by atoms with Crippen LogP contribution >= 0.6 is 27.3 Å². The van der Waals surface area contributed by atoms with Gasteiger partial charge in [-0.15, -0.1) is 11.3 Å². The summed E-state index contributed by atoms with van der Waals surface area (Å²) in [6, 6.07) is 3.17. The van der Waals surface area contributed by atoms with Crippen molar-refractivity contribution in [3.8, 4) is 5.75 Å². The van der Waals surface area contributed by atoms with Crippen LogP contribution in [0.4, 0.5) is 4.39 Å². The van der Waals surface area contributed by atoms with Crippen molar-refractivity contribution in [1.82, 2.24) is 0 Å². The molecular formula is C8H4BrFOS. The van der Waals surface area contributed by atoms with Crippen LogP contribution in [0.15, 0.2) is 22.0 Å². The Hall–Kier alpha value is -0.610.